The van der Waals surface area contributed by atoms with Crippen molar-refractivity contribution in [3.8, 4) is 0 Å². The van der Waals surface area contributed by atoms with E-state index in [1.165, 1.54) is 5.56 Å². The third kappa shape index (κ3) is 2.92. The second kappa shape index (κ2) is 4.84. The molecule has 0 saturated heterocycles. The highest BCUT2D eigenvalue weighted by atomic mass is 15.3. The van der Waals surface area contributed by atoms with Gasteiger partial charge >= 0.3 is 0 Å². The van der Waals surface area contributed by atoms with E-state index in [4.69, 9.17) is 0 Å². The van der Waals surface area contributed by atoms with Crippen molar-refractivity contribution in [2.75, 3.05) is 5.32 Å². The standard InChI is InChI=1S/C15H21N3/c1-15(2,3)14-12(11-18(4)17-14)10-16-13-8-6-5-7-9-13/h5-9,11,16H,10H2,1-4H3. The van der Waals surface area contributed by atoms with E-state index in [9.17, 15) is 0 Å². The first-order chi connectivity index (χ1) is 8.47. The van der Waals surface area contributed by atoms with Gasteiger partial charge in [0.15, 0.2) is 0 Å². The van der Waals surface area contributed by atoms with Crippen molar-refractivity contribution < 1.29 is 0 Å². The molecule has 0 spiro atoms. The van der Waals surface area contributed by atoms with Gasteiger partial charge in [-0.25, -0.2) is 0 Å². The predicted octanol–water partition coefficient (Wildman–Crippen LogP) is 3.33. The molecule has 96 valence electrons. The summed E-state index contributed by atoms with van der Waals surface area (Å²) in [4.78, 5) is 0. The Balaban J connectivity index is 2.15. The van der Waals surface area contributed by atoms with Crippen molar-refractivity contribution in [2.45, 2.75) is 32.7 Å². The van der Waals surface area contributed by atoms with Crippen molar-refractivity contribution in [3.63, 3.8) is 0 Å². The van der Waals surface area contributed by atoms with E-state index >= 15 is 0 Å². The Bertz CT molecular complexity index is 506. The second-order valence-electron chi connectivity index (χ2n) is 5.65. The van der Waals surface area contributed by atoms with E-state index in [-0.39, 0.29) is 5.41 Å². The van der Waals surface area contributed by atoms with Gasteiger partial charge in [0.2, 0.25) is 0 Å². The average Bonchev–Trinajstić information content (AvgIpc) is 2.69. The lowest BCUT2D eigenvalue weighted by atomic mass is 9.89. The lowest BCUT2D eigenvalue weighted by molar-refractivity contribution is 0.549. The fourth-order valence-electron chi connectivity index (χ4n) is 2.05. The van der Waals surface area contributed by atoms with Crippen LogP contribution in [0.25, 0.3) is 0 Å². The highest BCUT2D eigenvalue weighted by molar-refractivity contribution is 5.43. The minimum absolute atomic E-state index is 0.0783. The quantitative estimate of drug-likeness (QED) is 0.896. The van der Waals surface area contributed by atoms with E-state index < -0.39 is 0 Å². The maximum absolute atomic E-state index is 4.57. The van der Waals surface area contributed by atoms with Gasteiger partial charge in [-0.2, -0.15) is 5.10 Å². The lowest BCUT2D eigenvalue weighted by Gasteiger charge is -2.17. The van der Waals surface area contributed by atoms with Crippen LogP contribution >= 0.6 is 0 Å². The van der Waals surface area contributed by atoms with Gasteiger partial charge in [-0.3, -0.25) is 4.68 Å². The van der Waals surface area contributed by atoms with Crippen molar-refractivity contribution >= 4 is 5.69 Å². The molecule has 0 fully saturated rings. The van der Waals surface area contributed by atoms with Crippen LogP contribution in [0.3, 0.4) is 0 Å². The first kappa shape index (κ1) is 12.7. The molecular formula is C15H21N3. The molecule has 1 aromatic carbocycles. The van der Waals surface area contributed by atoms with Crippen molar-refractivity contribution in [1.29, 1.82) is 0 Å². The third-order valence-corrected chi connectivity index (χ3v) is 2.87. The SMILES string of the molecule is Cn1cc(CNc2ccccc2)c(C(C)(C)C)n1. The third-order valence-electron chi connectivity index (χ3n) is 2.87. The molecule has 0 amide bonds. The fourth-order valence-corrected chi connectivity index (χ4v) is 2.05. The van der Waals surface area contributed by atoms with Gasteiger partial charge in [0.1, 0.15) is 0 Å². The molecule has 0 aliphatic carbocycles. The molecule has 0 aliphatic heterocycles. The monoisotopic (exact) mass is 243 g/mol. The zero-order valence-corrected chi connectivity index (χ0v) is 11.6. The first-order valence-corrected chi connectivity index (χ1v) is 6.29. The van der Waals surface area contributed by atoms with Gasteiger partial charge in [-0.15, -0.1) is 0 Å². The van der Waals surface area contributed by atoms with Gasteiger partial charge in [-0.05, 0) is 12.1 Å². The summed E-state index contributed by atoms with van der Waals surface area (Å²) in [6.07, 6.45) is 2.09. The second-order valence-corrected chi connectivity index (χ2v) is 5.65. The summed E-state index contributed by atoms with van der Waals surface area (Å²) in [7, 11) is 1.97. The summed E-state index contributed by atoms with van der Waals surface area (Å²) >= 11 is 0. The highest BCUT2D eigenvalue weighted by Crippen LogP contribution is 2.24. The smallest absolute Gasteiger partial charge is 0.0727 e. The number of para-hydroxylation sites is 1. The number of hydrogen-bond acceptors (Lipinski definition) is 2. The summed E-state index contributed by atoms with van der Waals surface area (Å²) in [6, 6.07) is 10.3. The van der Waals surface area contributed by atoms with Crippen LogP contribution in [0.1, 0.15) is 32.0 Å². The first-order valence-electron chi connectivity index (χ1n) is 6.29. The summed E-state index contributed by atoms with van der Waals surface area (Å²) in [5.41, 5.74) is 3.64. The van der Waals surface area contributed by atoms with E-state index in [1.807, 2.05) is 29.9 Å². The lowest BCUT2D eigenvalue weighted by Crippen LogP contribution is -2.16. The summed E-state index contributed by atoms with van der Waals surface area (Å²) in [6.45, 7) is 7.40. The minimum Gasteiger partial charge on any atom is -0.381 e. The molecule has 0 bridgehead atoms. The van der Waals surface area contributed by atoms with Crippen LogP contribution in [0.5, 0.6) is 0 Å². The maximum Gasteiger partial charge on any atom is 0.0727 e. The van der Waals surface area contributed by atoms with E-state index in [0.717, 1.165) is 17.9 Å². The van der Waals surface area contributed by atoms with Gasteiger partial charge < -0.3 is 5.32 Å². The number of aryl methyl sites for hydroxylation is 1. The summed E-state index contributed by atoms with van der Waals surface area (Å²) < 4.78 is 1.89. The Morgan fingerprint density at radius 1 is 1.17 bits per heavy atom. The van der Waals surface area contributed by atoms with Crippen LogP contribution in [0.4, 0.5) is 5.69 Å². The number of nitrogens with one attached hydrogen (secondary N) is 1. The van der Waals surface area contributed by atoms with Gasteiger partial charge in [0.25, 0.3) is 0 Å². The Hall–Kier alpha value is -1.77. The maximum atomic E-state index is 4.57. The minimum atomic E-state index is 0.0783. The number of benzene rings is 1. The van der Waals surface area contributed by atoms with Crippen LogP contribution in [-0.2, 0) is 19.0 Å². The molecule has 0 unspecified atom stereocenters. The zero-order valence-electron chi connectivity index (χ0n) is 11.6. The molecule has 3 heteroatoms. The largest absolute Gasteiger partial charge is 0.381 e. The molecule has 2 aromatic rings. The zero-order chi connectivity index (χ0) is 13.2. The number of anilines is 1. The molecule has 0 saturated carbocycles. The Morgan fingerprint density at radius 2 is 1.83 bits per heavy atom. The normalized spacial score (nSPS) is 11.6. The van der Waals surface area contributed by atoms with Gasteiger partial charge in [0, 0.05) is 36.5 Å². The number of aromatic nitrogens is 2. The van der Waals surface area contributed by atoms with Crippen molar-refractivity contribution in [1.82, 2.24) is 9.78 Å². The predicted molar refractivity (Wildman–Crippen MR) is 75.7 cm³/mol. The summed E-state index contributed by atoms with van der Waals surface area (Å²) in [5, 5.41) is 8.00. The van der Waals surface area contributed by atoms with Crippen LogP contribution < -0.4 is 5.32 Å². The summed E-state index contributed by atoms with van der Waals surface area (Å²) in [5.74, 6) is 0. The molecule has 1 N–H and O–H groups in total. The van der Waals surface area contributed by atoms with E-state index in [2.05, 4.69) is 49.5 Å². The highest BCUT2D eigenvalue weighted by Gasteiger charge is 2.21. The van der Waals surface area contributed by atoms with E-state index in [1.54, 1.807) is 0 Å². The molecular weight excluding hydrogens is 222 g/mol. The number of rotatable bonds is 3. The molecule has 2 rings (SSSR count). The molecule has 18 heavy (non-hydrogen) atoms. The Kier molecular flexibility index (Phi) is 3.41. The number of nitrogens with zero attached hydrogens (tertiary/aromatic N) is 2. The van der Waals surface area contributed by atoms with Crippen LogP contribution in [0, 0.1) is 0 Å². The molecule has 0 aliphatic rings. The molecule has 0 atom stereocenters. The molecule has 0 radical (unpaired) electrons. The molecule has 3 nitrogen and oxygen atoms in total. The number of hydrogen-bond donors (Lipinski definition) is 1. The molecule has 1 aromatic heterocycles. The van der Waals surface area contributed by atoms with Crippen molar-refractivity contribution in [3.05, 3.63) is 47.8 Å². The Labute approximate surface area is 109 Å². The topological polar surface area (TPSA) is 29.9 Å². The van der Waals surface area contributed by atoms with Crippen LogP contribution in [-0.4, -0.2) is 9.78 Å². The van der Waals surface area contributed by atoms with Crippen LogP contribution in [0.2, 0.25) is 0 Å². The molecule has 1 heterocycles. The van der Waals surface area contributed by atoms with Crippen LogP contribution in [0.15, 0.2) is 36.5 Å². The average molecular weight is 243 g/mol. The van der Waals surface area contributed by atoms with E-state index in [0.29, 0.717) is 0 Å². The fraction of sp³-hybridized carbons (Fsp3) is 0.400. The van der Waals surface area contributed by atoms with Crippen molar-refractivity contribution in [2.24, 2.45) is 7.05 Å². The van der Waals surface area contributed by atoms with Gasteiger partial charge in [0.05, 0.1) is 5.69 Å². The Morgan fingerprint density at radius 3 is 2.44 bits per heavy atom. The van der Waals surface area contributed by atoms with Gasteiger partial charge in [-0.1, -0.05) is 39.0 Å².